The van der Waals surface area contributed by atoms with E-state index in [9.17, 15) is 13.2 Å². The van der Waals surface area contributed by atoms with Crippen LogP contribution in [-0.4, -0.2) is 24.3 Å². The summed E-state index contributed by atoms with van der Waals surface area (Å²) in [6, 6.07) is 3.44. The van der Waals surface area contributed by atoms with Crippen LogP contribution in [0.5, 0.6) is 0 Å². The first-order chi connectivity index (χ1) is 10.3. The van der Waals surface area contributed by atoms with Crippen LogP contribution in [-0.2, 0) is 11.9 Å². The molecular formula is C11H8ClF3N6S. The highest BCUT2D eigenvalue weighted by molar-refractivity contribution is 7.98. The third-order valence-electron chi connectivity index (χ3n) is 2.73. The number of thioether (sulfide) groups is 1. The number of halogens is 4. The van der Waals surface area contributed by atoms with E-state index in [1.165, 1.54) is 0 Å². The average Bonchev–Trinajstić information content (AvgIpc) is 2.98. The SMILES string of the molecule is Nn1c(SCc2cn3cc(Cl)ccc3n2)nnc1C(F)(F)F. The highest BCUT2D eigenvalue weighted by atomic mass is 35.5. The van der Waals surface area contributed by atoms with E-state index in [4.69, 9.17) is 17.4 Å². The molecule has 0 aliphatic heterocycles. The number of hydrogen-bond acceptors (Lipinski definition) is 5. The molecule has 2 N–H and O–H groups in total. The van der Waals surface area contributed by atoms with Crippen LogP contribution in [0.15, 0.2) is 29.7 Å². The van der Waals surface area contributed by atoms with E-state index in [1.807, 2.05) is 0 Å². The molecule has 0 aromatic carbocycles. The summed E-state index contributed by atoms with van der Waals surface area (Å²) < 4.78 is 39.8. The van der Waals surface area contributed by atoms with E-state index in [1.54, 1.807) is 28.9 Å². The van der Waals surface area contributed by atoms with E-state index in [0.29, 0.717) is 26.8 Å². The van der Waals surface area contributed by atoms with Crippen LogP contribution in [0.1, 0.15) is 11.5 Å². The van der Waals surface area contributed by atoms with Crippen molar-refractivity contribution in [2.75, 3.05) is 5.84 Å². The molecule has 3 heterocycles. The van der Waals surface area contributed by atoms with Crippen LogP contribution < -0.4 is 5.84 Å². The van der Waals surface area contributed by atoms with E-state index in [-0.39, 0.29) is 5.16 Å². The van der Waals surface area contributed by atoms with Gasteiger partial charge in [-0.1, -0.05) is 23.4 Å². The number of nitrogens with two attached hydrogens (primary N) is 1. The zero-order valence-corrected chi connectivity index (χ0v) is 12.3. The van der Waals surface area contributed by atoms with E-state index >= 15 is 0 Å². The van der Waals surface area contributed by atoms with Gasteiger partial charge in [0.05, 0.1) is 10.7 Å². The lowest BCUT2D eigenvalue weighted by Crippen LogP contribution is -2.21. The van der Waals surface area contributed by atoms with Crippen molar-refractivity contribution in [2.24, 2.45) is 0 Å². The van der Waals surface area contributed by atoms with Crippen molar-refractivity contribution in [3.63, 3.8) is 0 Å². The fourth-order valence-corrected chi connectivity index (χ4v) is 2.70. The highest BCUT2D eigenvalue weighted by Crippen LogP contribution is 2.29. The summed E-state index contributed by atoms with van der Waals surface area (Å²) in [6.07, 6.45) is -1.22. The molecule has 11 heteroatoms. The second kappa shape index (κ2) is 5.36. The summed E-state index contributed by atoms with van der Waals surface area (Å²) in [5.41, 5.74) is 1.34. The third-order valence-corrected chi connectivity index (χ3v) is 3.93. The molecule has 116 valence electrons. The number of pyridine rings is 1. The van der Waals surface area contributed by atoms with Crippen LogP contribution in [0, 0.1) is 0 Å². The molecule has 22 heavy (non-hydrogen) atoms. The van der Waals surface area contributed by atoms with Crippen LogP contribution in [0.4, 0.5) is 13.2 Å². The van der Waals surface area contributed by atoms with E-state index < -0.39 is 12.0 Å². The number of fused-ring (bicyclic) bond motifs is 1. The zero-order chi connectivity index (χ0) is 15.9. The van der Waals surface area contributed by atoms with E-state index in [0.717, 1.165) is 11.8 Å². The van der Waals surface area contributed by atoms with Crippen molar-refractivity contribution in [2.45, 2.75) is 17.1 Å². The molecule has 6 nitrogen and oxygen atoms in total. The molecule has 0 aliphatic carbocycles. The van der Waals surface area contributed by atoms with Gasteiger partial charge >= 0.3 is 6.18 Å². The Hall–Kier alpha value is -1.94. The number of alkyl halides is 3. The molecule has 0 bridgehead atoms. The molecule has 3 aromatic heterocycles. The molecular weight excluding hydrogens is 341 g/mol. The normalized spacial score (nSPS) is 12.2. The molecule has 3 rings (SSSR count). The number of nitrogens with zero attached hydrogens (tertiary/aromatic N) is 5. The lowest BCUT2D eigenvalue weighted by atomic mass is 10.5. The molecule has 0 spiro atoms. The molecule has 0 fully saturated rings. The quantitative estimate of drug-likeness (QED) is 0.581. The molecule has 0 atom stereocenters. The Morgan fingerprint density at radius 1 is 1.23 bits per heavy atom. The second-order valence-corrected chi connectivity index (χ2v) is 5.69. The first-order valence-corrected chi connectivity index (χ1v) is 7.24. The maximum Gasteiger partial charge on any atom is 0.453 e. The van der Waals surface area contributed by atoms with Crippen LogP contribution in [0.25, 0.3) is 5.65 Å². The summed E-state index contributed by atoms with van der Waals surface area (Å²) in [7, 11) is 0. The molecule has 0 amide bonds. The predicted molar refractivity (Wildman–Crippen MR) is 74.9 cm³/mol. The Morgan fingerprint density at radius 2 is 2.00 bits per heavy atom. The van der Waals surface area contributed by atoms with Gasteiger partial charge in [0.25, 0.3) is 5.82 Å². The second-order valence-electron chi connectivity index (χ2n) is 4.31. The van der Waals surface area contributed by atoms with Crippen molar-refractivity contribution in [3.8, 4) is 0 Å². The Morgan fingerprint density at radius 3 is 2.68 bits per heavy atom. The average molecular weight is 349 g/mol. The van der Waals surface area contributed by atoms with Gasteiger partial charge < -0.3 is 10.2 Å². The largest absolute Gasteiger partial charge is 0.453 e. The van der Waals surface area contributed by atoms with Gasteiger partial charge in [-0.3, -0.25) is 0 Å². The minimum Gasteiger partial charge on any atom is -0.335 e. The Labute approximate surface area is 131 Å². The van der Waals surface area contributed by atoms with Crippen LogP contribution >= 0.6 is 23.4 Å². The van der Waals surface area contributed by atoms with Gasteiger partial charge in [-0.15, -0.1) is 10.2 Å². The molecule has 0 radical (unpaired) electrons. The first-order valence-electron chi connectivity index (χ1n) is 5.88. The van der Waals surface area contributed by atoms with Gasteiger partial charge in [0.15, 0.2) is 0 Å². The van der Waals surface area contributed by atoms with Gasteiger partial charge in [0.1, 0.15) is 5.65 Å². The van der Waals surface area contributed by atoms with Crippen LogP contribution in [0.3, 0.4) is 0 Å². The zero-order valence-electron chi connectivity index (χ0n) is 10.8. The predicted octanol–water partition coefficient (Wildman–Crippen LogP) is 2.60. The maximum atomic E-state index is 12.6. The first kappa shape index (κ1) is 15.0. The van der Waals surface area contributed by atoms with Gasteiger partial charge in [-0.05, 0) is 12.1 Å². The minimum absolute atomic E-state index is 0.0394. The fourth-order valence-electron chi connectivity index (χ4n) is 1.79. The lowest BCUT2D eigenvalue weighted by molar-refractivity contribution is -0.146. The van der Waals surface area contributed by atoms with Crippen molar-refractivity contribution in [3.05, 3.63) is 41.1 Å². The lowest BCUT2D eigenvalue weighted by Gasteiger charge is -2.05. The summed E-state index contributed by atoms with van der Waals surface area (Å²) in [6.45, 7) is 0. The molecule has 0 saturated heterocycles. The monoisotopic (exact) mass is 348 g/mol. The van der Waals surface area contributed by atoms with Crippen molar-refractivity contribution < 1.29 is 13.2 Å². The topological polar surface area (TPSA) is 74.0 Å². The fraction of sp³-hybridized carbons (Fsp3) is 0.182. The summed E-state index contributed by atoms with van der Waals surface area (Å²) >= 11 is 6.88. The van der Waals surface area contributed by atoms with Crippen LogP contribution in [0.2, 0.25) is 5.02 Å². The Balaban J connectivity index is 1.78. The van der Waals surface area contributed by atoms with Crippen molar-refractivity contribution in [1.29, 1.82) is 0 Å². The Bertz CT molecular complexity index is 827. The van der Waals surface area contributed by atoms with Gasteiger partial charge in [-0.25, -0.2) is 9.66 Å². The number of rotatable bonds is 3. The maximum absolute atomic E-state index is 12.6. The van der Waals surface area contributed by atoms with Gasteiger partial charge in [-0.2, -0.15) is 13.2 Å². The molecule has 0 aliphatic rings. The Kier molecular flexibility index (Phi) is 3.65. The van der Waals surface area contributed by atoms with E-state index in [2.05, 4.69) is 15.2 Å². The number of aromatic nitrogens is 5. The number of nitrogen functional groups attached to an aromatic ring is 1. The smallest absolute Gasteiger partial charge is 0.335 e. The number of hydrogen-bond donors (Lipinski definition) is 1. The van der Waals surface area contributed by atoms with Crippen molar-refractivity contribution >= 4 is 29.0 Å². The highest BCUT2D eigenvalue weighted by Gasteiger charge is 2.38. The summed E-state index contributed by atoms with van der Waals surface area (Å²) in [4.78, 5) is 4.32. The van der Waals surface area contributed by atoms with Gasteiger partial charge in [0.2, 0.25) is 5.16 Å². The molecule has 0 saturated carbocycles. The summed E-state index contributed by atoms with van der Waals surface area (Å²) in [5.74, 6) is 4.42. The van der Waals surface area contributed by atoms with Gasteiger partial charge in [0, 0.05) is 18.1 Å². The molecule has 3 aromatic rings. The standard InChI is InChI=1S/C11H8ClF3N6S/c12-6-1-2-8-17-7(4-20(8)3-6)5-22-10-19-18-9(21(10)16)11(13,14)15/h1-4H,5,16H2. The van der Waals surface area contributed by atoms with Crippen molar-refractivity contribution in [1.82, 2.24) is 24.3 Å². The minimum atomic E-state index is -4.64. The summed E-state index contributed by atoms with van der Waals surface area (Å²) in [5, 5.41) is 7.01. The third kappa shape index (κ3) is 2.83. The molecule has 0 unspecified atom stereocenters. The number of imidazole rings is 1.